The minimum atomic E-state index is -5.60. The normalized spacial score (nSPS) is 13.0. The molecule has 0 amide bonds. The number of alkyl halides is 9. The van der Waals surface area contributed by atoms with Crippen molar-refractivity contribution in [3.8, 4) is 17.2 Å². The Kier molecular flexibility index (Phi) is 38.5. The predicted molar refractivity (Wildman–Crippen MR) is 436 cm³/mol. The van der Waals surface area contributed by atoms with Gasteiger partial charge in [0.2, 0.25) is 28.1 Å². The quantitative estimate of drug-likeness (QED) is 0.0130. The summed E-state index contributed by atoms with van der Waals surface area (Å²) in [7, 11) is -16.2. The van der Waals surface area contributed by atoms with E-state index >= 15 is 0 Å². The monoisotopic (exact) mass is 2400 g/mol. The van der Waals surface area contributed by atoms with Crippen LogP contribution >= 0.6 is 95.6 Å². The fourth-order valence-corrected chi connectivity index (χ4v) is 22.3. The number of phenols is 1. The molecule has 0 aromatic heterocycles. The Morgan fingerprint density at radius 2 is 0.705 bits per heavy atom. The van der Waals surface area contributed by atoms with Gasteiger partial charge in [0.25, 0.3) is 0 Å². The lowest BCUT2D eigenvalue weighted by Gasteiger charge is -2.22. The number of hydrogen-bond acceptors (Lipinski definition) is 17. The first-order valence-electron chi connectivity index (χ1n) is 34.1. The number of ether oxygens (including phenoxy) is 4. The van der Waals surface area contributed by atoms with Gasteiger partial charge in [-0.2, -0.15) is 39.5 Å². The molecule has 1 N–H and O–H groups in total. The lowest BCUT2D eigenvalue weighted by molar-refractivity contribution is -0.597. The minimum Gasteiger partial charge on any atom is -0.748 e. The maximum atomic E-state index is 13.5. The highest BCUT2D eigenvalue weighted by molar-refractivity contribution is 9.12. The third-order valence-electron chi connectivity index (χ3n) is 15.4. The fourth-order valence-electron chi connectivity index (χ4n) is 9.64. The topological polar surface area (TPSA) is 280 Å². The Balaban J connectivity index is 0.000000228. The van der Waals surface area contributed by atoms with Crippen LogP contribution < -0.4 is 47.1 Å². The Morgan fingerprint density at radius 3 is 1.04 bits per heavy atom. The minimum absolute atomic E-state index is 0.00571. The highest BCUT2D eigenvalue weighted by Crippen LogP contribution is 2.47. The van der Waals surface area contributed by atoms with Gasteiger partial charge >= 0.3 is 78.8 Å². The van der Waals surface area contributed by atoms with Gasteiger partial charge in [-0.1, -0.05) is 177 Å². The first kappa shape index (κ1) is 105. The second-order valence-electron chi connectivity index (χ2n) is 26.9. The van der Waals surface area contributed by atoms with Crippen molar-refractivity contribution in [1.82, 2.24) is 0 Å². The number of aromatic hydroxyl groups is 1. The van der Waals surface area contributed by atoms with E-state index < -0.39 is 147 Å². The molecular weight excluding hydrogens is 2340 g/mol. The van der Waals surface area contributed by atoms with Crippen LogP contribution in [-0.2, 0) is 66.3 Å². The van der Waals surface area contributed by atoms with E-state index in [1.54, 1.807) is 0 Å². The Labute approximate surface area is 766 Å². The van der Waals surface area contributed by atoms with E-state index in [1.165, 1.54) is 58.3 Å². The second kappa shape index (κ2) is 44.9. The molecule has 0 fully saturated rings. The molecule has 17 nitrogen and oxygen atoms in total. The van der Waals surface area contributed by atoms with Crippen molar-refractivity contribution in [2.75, 3.05) is 17.3 Å². The Hall–Kier alpha value is -6.28. The Bertz CT molecular complexity index is 5470. The van der Waals surface area contributed by atoms with Gasteiger partial charge in [0, 0.05) is 17.9 Å². The van der Waals surface area contributed by atoms with Crippen LogP contribution in [0.3, 0.4) is 0 Å². The van der Waals surface area contributed by atoms with Crippen LogP contribution in [0.1, 0.15) is 83.7 Å². The van der Waals surface area contributed by atoms with Crippen molar-refractivity contribution < 1.29 is 177 Å². The van der Waals surface area contributed by atoms with Gasteiger partial charge in [0.15, 0.2) is 53.9 Å². The zero-order chi connectivity index (χ0) is 91.6. The molecular formula is C80H63Br6F13I2O17S4. The zero-order valence-corrected chi connectivity index (χ0v) is 80.2. The summed E-state index contributed by atoms with van der Waals surface area (Å²) in [4.78, 5) is 38.8. The summed E-state index contributed by atoms with van der Waals surface area (Å²) in [5, 5.41) is 9.61. The molecule has 42 heteroatoms. The zero-order valence-electron chi connectivity index (χ0n) is 63.1. The van der Waals surface area contributed by atoms with Crippen LogP contribution in [0.5, 0.6) is 17.2 Å². The molecule has 0 radical (unpaired) electrons. The summed E-state index contributed by atoms with van der Waals surface area (Å²) in [6.45, 7) is 13.6. The van der Waals surface area contributed by atoms with E-state index in [4.69, 9.17) is 4.74 Å². The van der Waals surface area contributed by atoms with Crippen molar-refractivity contribution in [2.45, 2.75) is 104 Å². The van der Waals surface area contributed by atoms with Gasteiger partial charge < -0.3 is 37.7 Å². The molecule has 0 saturated heterocycles. The number of fused-ring (bicyclic) bond motifs is 2. The molecule has 1 aliphatic rings. The molecule has 10 aromatic carbocycles. The lowest BCUT2D eigenvalue weighted by atomic mass is 9.87. The summed E-state index contributed by atoms with van der Waals surface area (Å²) in [6, 6.07) is 72.2. The third-order valence-corrected chi connectivity index (χ3v) is 28.7. The number of carbonyl (C=O) groups is 3. The van der Waals surface area contributed by atoms with Gasteiger partial charge in [-0.05, 0) is 195 Å². The van der Waals surface area contributed by atoms with Gasteiger partial charge in [-0.25, -0.2) is 57.2 Å². The standard InChI is InChI=1S/C20H26I.C18H13OS.C12H10I.C10H6Br3F3O5S.C10H7Br2F3O6S.C10H4BrF7O5S/c1-19(2,3)15-7-11-17(12-8-15)21-18-13-9-16(10-14-18)20(4,5)6;1-2-8-14(9-3-1)20-17-12-6-4-10-15(17)19-16-11-5-7-13-18(16)20;1-3-7-11(8-4-1)13-12-9-5-2-6-10-12;11-4-1-5(12)8(6(13)2-4)9(17)21-7(10(14,15)16)3-22(18,19)20;11-4-1-5(8(16)6(12)2-4)9(17)21-7(10(13,14)15)3-22(18,19)20;11-4-7(14)5(12)3(6(13)8(4)15)9(19)23-2(10(16,17)18)1-24(20,21)22/h7-14H,1-6H3;1-13H;1-10H;1-2,7H,3H2,(H,18,19,20);1-2,7,16H,3H2,(H,18,19,20);2H,1H2,(H,20,21,22)/q3*+1;;;/p-3. The smallest absolute Gasteiger partial charge is 0.426 e. The molecule has 656 valence electrons. The summed E-state index contributed by atoms with van der Waals surface area (Å²) >= 11 is 16.9. The van der Waals surface area contributed by atoms with E-state index in [0.29, 0.717) is 4.47 Å². The van der Waals surface area contributed by atoms with Crippen LogP contribution in [0.4, 0.5) is 57.1 Å². The fraction of sp³-hybridized carbons (Fsp3) is 0.212. The summed E-state index contributed by atoms with van der Waals surface area (Å²) in [6.07, 6.45) is -25.8. The molecule has 0 aliphatic carbocycles. The molecule has 1 aliphatic heterocycles. The van der Waals surface area contributed by atoms with Crippen molar-refractivity contribution in [1.29, 1.82) is 0 Å². The van der Waals surface area contributed by atoms with Crippen LogP contribution in [0, 0.1) is 37.5 Å². The van der Waals surface area contributed by atoms with E-state index in [2.05, 4.69) is 315 Å². The third kappa shape index (κ3) is 33.2. The number of esters is 3. The highest BCUT2D eigenvalue weighted by atomic mass is 127. The van der Waals surface area contributed by atoms with E-state index in [9.17, 15) is 115 Å². The average molecular weight is 2400 g/mol. The average Bonchev–Trinajstić information content (AvgIpc) is 0.762. The summed E-state index contributed by atoms with van der Waals surface area (Å²) in [5.41, 5.74) is 0.234. The molecule has 1 heterocycles. The SMILES string of the molecule is CC(C)(C)c1ccc([I+]c2ccc(C(C)(C)C)cc2)cc1.O=C(OC(CS(=O)(=O)[O-])C(F)(F)F)c1c(Br)cc(Br)cc1Br.O=C(OC(CS(=O)(=O)[O-])C(F)(F)F)c1c(F)c(F)c(Br)c(F)c1F.O=C(OC(CS(=O)(=O)[O-])C(F)(F)F)c1cc(Br)cc(Br)c1O.c1ccc([I+]c2ccccc2)cc1.c1ccc([S+]2c3ccccc3Oc3ccccc32)cc1. The number of benzene rings is 10. The molecule has 0 saturated carbocycles. The molecule has 10 aromatic rings. The van der Waals surface area contributed by atoms with Crippen molar-refractivity contribution >= 4 is 155 Å². The van der Waals surface area contributed by atoms with Crippen LogP contribution in [0.2, 0.25) is 0 Å². The number of hydrogen-bond donors (Lipinski definition) is 1. The number of rotatable bonds is 17. The molecule has 0 spiro atoms. The van der Waals surface area contributed by atoms with E-state index in [-0.39, 0.29) is 87.6 Å². The molecule has 0 bridgehead atoms. The maximum Gasteiger partial charge on any atom is 0.426 e. The van der Waals surface area contributed by atoms with E-state index in [0.717, 1.165) is 17.6 Å². The van der Waals surface area contributed by atoms with Gasteiger partial charge in [-0.15, -0.1) is 0 Å². The van der Waals surface area contributed by atoms with E-state index in [1.807, 2.05) is 24.3 Å². The molecule has 3 atom stereocenters. The number of carbonyl (C=O) groups excluding carboxylic acids is 3. The maximum absolute atomic E-state index is 13.5. The number of phenolic OH excluding ortho intramolecular Hbond substituents is 1. The molecule has 3 unspecified atom stereocenters. The second-order valence-corrected chi connectivity index (χ2v) is 44.4. The van der Waals surface area contributed by atoms with Gasteiger partial charge in [-0.3, -0.25) is 0 Å². The largest absolute Gasteiger partial charge is 0.748 e. The van der Waals surface area contributed by atoms with Crippen LogP contribution in [0.15, 0.2) is 254 Å². The van der Waals surface area contributed by atoms with Crippen LogP contribution in [-0.4, -0.2) is 116 Å². The molecule has 11 rings (SSSR count). The first-order chi connectivity index (χ1) is 56.3. The van der Waals surface area contributed by atoms with Crippen molar-refractivity contribution in [2.24, 2.45) is 0 Å². The first-order valence-corrected chi connectivity index (χ1v) is 49.1. The Morgan fingerprint density at radius 1 is 0.410 bits per heavy atom. The number of halogens is 21. The number of para-hydroxylation sites is 2. The molecule has 122 heavy (non-hydrogen) atoms. The van der Waals surface area contributed by atoms with Crippen molar-refractivity contribution in [3.63, 3.8) is 0 Å². The van der Waals surface area contributed by atoms with Gasteiger partial charge in [0.1, 0.15) is 27.8 Å². The van der Waals surface area contributed by atoms with Crippen molar-refractivity contribution in [3.05, 3.63) is 305 Å². The highest BCUT2D eigenvalue weighted by Gasteiger charge is 2.48. The van der Waals surface area contributed by atoms with Gasteiger partial charge in [0.05, 0.1) is 62.1 Å². The summed E-state index contributed by atoms with van der Waals surface area (Å²) in [5.74, 6) is -19.6. The van der Waals surface area contributed by atoms with Crippen LogP contribution in [0.25, 0.3) is 0 Å². The lowest BCUT2D eigenvalue weighted by Crippen LogP contribution is -3.61. The predicted octanol–water partition coefficient (Wildman–Crippen LogP) is 15.9. The summed E-state index contributed by atoms with van der Waals surface area (Å²) < 4.78 is 284.